The molecule has 0 aromatic heterocycles. The number of halogens is 3. The molecule has 0 aliphatic carbocycles. The molecule has 1 aliphatic heterocycles. The molecule has 0 radical (unpaired) electrons. The van der Waals surface area contributed by atoms with Gasteiger partial charge in [-0.2, -0.15) is 13.2 Å². The van der Waals surface area contributed by atoms with Crippen molar-refractivity contribution >= 4 is 46.0 Å². The van der Waals surface area contributed by atoms with E-state index in [1.165, 1.54) is 17.0 Å². The number of rotatable bonds is 5. The van der Waals surface area contributed by atoms with Crippen molar-refractivity contribution in [1.82, 2.24) is 5.32 Å². The molecule has 30 heavy (non-hydrogen) atoms. The number of carbonyl (C=O) groups excluding carboxylic acids is 1. The SMILES string of the molecule is O=C(NCCO)c1ccc(/C=C2\SC(=S)N(c3cccc(C(F)(F)F)c3)C2O)cc1. The maximum Gasteiger partial charge on any atom is 0.416 e. The summed E-state index contributed by atoms with van der Waals surface area (Å²) in [6.07, 6.45) is -4.07. The van der Waals surface area contributed by atoms with Gasteiger partial charge in [-0.15, -0.1) is 0 Å². The molecule has 1 saturated heterocycles. The number of aliphatic hydroxyl groups excluding tert-OH is 2. The summed E-state index contributed by atoms with van der Waals surface area (Å²) in [5.41, 5.74) is 0.414. The molecule has 1 fully saturated rings. The topological polar surface area (TPSA) is 72.8 Å². The number of hydrogen-bond donors (Lipinski definition) is 3. The first-order valence-corrected chi connectivity index (χ1v) is 10.0. The van der Waals surface area contributed by atoms with Crippen molar-refractivity contribution in [2.45, 2.75) is 12.4 Å². The Kier molecular flexibility index (Phi) is 6.81. The van der Waals surface area contributed by atoms with E-state index in [9.17, 15) is 23.1 Å². The lowest BCUT2D eigenvalue weighted by atomic mass is 10.1. The van der Waals surface area contributed by atoms with E-state index in [1.807, 2.05) is 0 Å². The van der Waals surface area contributed by atoms with Crippen LogP contribution in [0.2, 0.25) is 0 Å². The molecule has 1 amide bonds. The van der Waals surface area contributed by atoms with Crippen LogP contribution in [0.4, 0.5) is 18.9 Å². The number of nitrogens with one attached hydrogen (secondary N) is 1. The lowest BCUT2D eigenvalue weighted by molar-refractivity contribution is -0.137. The van der Waals surface area contributed by atoms with E-state index in [4.69, 9.17) is 17.3 Å². The zero-order chi connectivity index (χ0) is 21.9. The third kappa shape index (κ3) is 5.01. The zero-order valence-electron chi connectivity index (χ0n) is 15.4. The maximum atomic E-state index is 13.0. The van der Waals surface area contributed by atoms with Gasteiger partial charge in [0.2, 0.25) is 0 Å². The lowest BCUT2D eigenvalue weighted by Gasteiger charge is -2.22. The molecule has 3 rings (SSSR count). The summed E-state index contributed by atoms with van der Waals surface area (Å²) in [5, 5.41) is 21.9. The molecule has 3 N–H and O–H groups in total. The van der Waals surface area contributed by atoms with Crippen LogP contribution in [0, 0.1) is 0 Å². The van der Waals surface area contributed by atoms with Gasteiger partial charge in [-0.1, -0.05) is 42.2 Å². The van der Waals surface area contributed by atoms with Crippen molar-refractivity contribution in [2.24, 2.45) is 0 Å². The average molecular weight is 454 g/mol. The van der Waals surface area contributed by atoms with E-state index in [-0.39, 0.29) is 29.1 Å². The Hall–Kier alpha value is -2.40. The highest BCUT2D eigenvalue weighted by atomic mass is 32.2. The fourth-order valence-corrected chi connectivity index (χ4v) is 4.18. The molecule has 0 saturated carbocycles. The van der Waals surface area contributed by atoms with Crippen LogP contribution in [-0.4, -0.2) is 39.8 Å². The third-order valence-corrected chi connectivity index (χ3v) is 5.61. The van der Waals surface area contributed by atoms with Crippen LogP contribution in [0.25, 0.3) is 6.08 Å². The lowest BCUT2D eigenvalue weighted by Crippen LogP contribution is -2.32. The van der Waals surface area contributed by atoms with E-state index in [0.29, 0.717) is 16.0 Å². The minimum absolute atomic E-state index is 0.147. The molecule has 1 atom stereocenters. The number of aliphatic hydroxyl groups is 2. The molecule has 1 aliphatic rings. The number of benzene rings is 2. The molecule has 5 nitrogen and oxygen atoms in total. The Morgan fingerprint density at radius 3 is 2.57 bits per heavy atom. The van der Waals surface area contributed by atoms with Gasteiger partial charge in [-0.25, -0.2) is 0 Å². The molecular weight excluding hydrogens is 437 g/mol. The summed E-state index contributed by atoms with van der Waals surface area (Å²) in [6.45, 7) is -0.0103. The molecule has 1 heterocycles. The van der Waals surface area contributed by atoms with Gasteiger partial charge >= 0.3 is 6.18 Å². The van der Waals surface area contributed by atoms with E-state index in [1.54, 1.807) is 30.3 Å². The van der Waals surface area contributed by atoms with Crippen molar-refractivity contribution in [3.05, 3.63) is 70.1 Å². The van der Waals surface area contributed by atoms with E-state index in [2.05, 4.69) is 5.32 Å². The normalized spacial score (nSPS) is 18.2. The Morgan fingerprint density at radius 1 is 1.23 bits per heavy atom. The van der Waals surface area contributed by atoms with Crippen molar-refractivity contribution in [1.29, 1.82) is 0 Å². The monoisotopic (exact) mass is 454 g/mol. The summed E-state index contributed by atoms with van der Waals surface area (Å²) < 4.78 is 39.2. The van der Waals surface area contributed by atoms with Crippen LogP contribution in [0.5, 0.6) is 0 Å². The second kappa shape index (κ2) is 9.17. The van der Waals surface area contributed by atoms with E-state index < -0.39 is 18.0 Å². The summed E-state index contributed by atoms with van der Waals surface area (Å²) in [7, 11) is 0. The van der Waals surface area contributed by atoms with E-state index in [0.717, 1.165) is 23.9 Å². The number of anilines is 1. The standard InChI is InChI=1S/C20H17F3N2O3S2/c21-20(22,23)14-2-1-3-15(11-14)25-18(28)16(30-19(25)29)10-12-4-6-13(7-5-12)17(27)24-8-9-26/h1-7,10-11,18,26,28H,8-9H2,(H,24,27)/b16-10-. The van der Waals surface area contributed by atoms with Crippen molar-refractivity contribution in [3.8, 4) is 0 Å². The van der Waals surface area contributed by atoms with E-state index >= 15 is 0 Å². The Morgan fingerprint density at radius 2 is 1.93 bits per heavy atom. The van der Waals surface area contributed by atoms with Crippen molar-refractivity contribution < 1.29 is 28.2 Å². The second-order valence-corrected chi connectivity index (χ2v) is 8.02. The van der Waals surface area contributed by atoms with Crippen LogP contribution >= 0.6 is 24.0 Å². The number of carbonyl (C=O) groups is 1. The van der Waals surface area contributed by atoms with Gasteiger partial charge in [0.25, 0.3) is 5.91 Å². The zero-order valence-corrected chi connectivity index (χ0v) is 17.0. The highest BCUT2D eigenvalue weighted by molar-refractivity contribution is 8.26. The second-order valence-electron chi connectivity index (χ2n) is 6.31. The fourth-order valence-electron chi connectivity index (χ4n) is 2.78. The van der Waals surface area contributed by atoms with Gasteiger partial charge in [0.05, 0.1) is 12.2 Å². The van der Waals surface area contributed by atoms with Crippen LogP contribution in [-0.2, 0) is 6.18 Å². The molecule has 10 heteroatoms. The molecule has 2 aromatic rings. The van der Waals surface area contributed by atoms with Crippen LogP contribution in [0.15, 0.2) is 53.4 Å². The number of alkyl halides is 3. The molecule has 0 bridgehead atoms. The first-order chi connectivity index (χ1) is 14.2. The summed E-state index contributed by atoms with van der Waals surface area (Å²) in [5.74, 6) is -0.324. The average Bonchev–Trinajstić information content (AvgIpc) is 2.99. The highest BCUT2D eigenvalue weighted by Gasteiger charge is 2.36. The number of thiocarbonyl (C=S) groups is 1. The highest BCUT2D eigenvalue weighted by Crippen LogP contribution is 2.40. The number of thioether (sulfide) groups is 1. The van der Waals surface area contributed by atoms with Crippen molar-refractivity contribution in [2.75, 3.05) is 18.1 Å². The third-order valence-electron chi connectivity index (χ3n) is 4.23. The van der Waals surface area contributed by atoms with Crippen LogP contribution in [0.3, 0.4) is 0 Å². The van der Waals surface area contributed by atoms with Gasteiger partial charge in [0, 0.05) is 22.7 Å². The Balaban J connectivity index is 1.80. The summed E-state index contributed by atoms with van der Waals surface area (Å²) in [6, 6.07) is 11.1. The van der Waals surface area contributed by atoms with Gasteiger partial charge in [-0.3, -0.25) is 9.69 Å². The molecule has 0 spiro atoms. The Labute approximate surface area is 180 Å². The van der Waals surface area contributed by atoms with Crippen LogP contribution in [0.1, 0.15) is 21.5 Å². The Bertz CT molecular complexity index is 978. The number of amides is 1. The smallest absolute Gasteiger partial charge is 0.395 e. The first-order valence-electron chi connectivity index (χ1n) is 8.78. The molecular formula is C20H17F3N2O3S2. The number of nitrogens with zero attached hydrogens (tertiary/aromatic N) is 1. The fraction of sp³-hybridized carbons (Fsp3) is 0.200. The van der Waals surface area contributed by atoms with Gasteiger partial charge in [0.1, 0.15) is 4.32 Å². The van der Waals surface area contributed by atoms with Gasteiger partial charge in [-0.05, 0) is 42.0 Å². The molecule has 2 aromatic carbocycles. The largest absolute Gasteiger partial charge is 0.416 e. The summed E-state index contributed by atoms with van der Waals surface area (Å²) >= 11 is 6.35. The maximum absolute atomic E-state index is 13.0. The quantitative estimate of drug-likeness (QED) is 0.600. The van der Waals surface area contributed by atoms with Crippen molar-refractivity contribution in [3.63, 3.8) is 0 Å². The predicted molar refractivity (Wildman–Crippen MR) is 114 cm³/mol. The van der Waals surface area contributed by atoms with Crippen LogP contribution < -0.4 is 10.2 Å². The van der Waals surface area contributed by atoms with Gasteiger partial charge < -0.3 is 15.5 Å². The van der Waals surface area contributed by atoms with Gasteiger partial charge in [0.15, 0.2) is 6.23 Å². The summed E-state index contributed by atoms with van der Waals surface area (Å²) in [4.78, 5) is 13.6. The molecule has 158 valence electrons. The molecule has 1 unspecified atom stereocenters. The minimum atomic E-state index is -4.50. The first kappa shape index (κ1) is 22.3. The minimum Gasteiger partial charge on any atom is -0.395 e. The predicted octanol–water partition coefficient (Wildman–Crippen LogP) is 3.63. The number of hydrogen-bond acceptors (Lipinski definition) is 5.